The summed E-state index contributed by atoms with van der Waals surface area (Å²) in [5.74, 6) is 0.777. The summed E-state index contributed by atoms with van der Waals surface area (Å²) >= 11 is 0. The maximum atomic E-state index is 12.4. The van der Waals surface area contributed by atoms with Crippen molar-refractivity contribution in [3.63, 3.8) is 0 Å². The summed E-state index contributed by atoms with van der Waals surface area (Å²) in [6.45, 7) is 0.753. The second-order valence-corrected chi connectivity index (χ2v) is 5.61. The molecule has 2 aromatic rings. The number of amides is 1. The van der Waals surface area contributed by atoms with Gasteiger partial charge in [0.2, 0.25) is 0 Å². The number of hydrogen-bond acceptors (Lipinski definition) is 3. The summed E-state index contributed by atoms with van der Waals surface area (Å²) in [5.41, 5.74) is 9.51. The zero-order chi connectivity index (χ0) is 13.9. The molecule has 0 spiro atoms. The second-order valence-electron chi connectivity index (χ2n) is 5.61. The van der Waals surface area contributed by atoms with Crippen molar-refractivity contribution in [2.75, 3.05) is 5.73 Å². The highest BCUT2D eigenvalue weighted by Crippen LogP contribution is 2.36. The van der Waals surface area contributed by atoms with Gasteiger partial charge in [0.25, 0.3) is 5.91 Å². The first kappa shape index (κ1) is 11.5. The highest BCUT2D eigenvalue weighted by molar-refractivity contribution is 5.99. The molecule has 1 saturated carbocycles. The molecule has 2 N–H and O–H groups in total. The molecule has 4 rings (SSSR count). The van der Waals surface area contributed by atoms with Crippen LogP contribution in [0.4, 0.5) is 5.82 Å². The molecule has 5 nitrogen and oxygen atoms in total. The minimum Gasteiger partial charge on any atom is -0.384 e. The van der Waals surface area contributed by atoms with Gasteiger partial charge in [0.1, 0.15) is 5.82 Å². The summed E-state index contributed by atoms with van der Waals surface area (Å²) in [4.78, 5) is 14.4. The van der Waals surface area contributed by atoms with Crippen molar-refractivity contribution >= 4 is 11.7 Å². The number of aromatic nitrogens is 2. The van der Waals surface area contributed by atoms with Gasteiger partial charge in [0, 0.05) is 36.8 Å². The zero-order valence-electron chi connectivity index (χ0n) is 11.3. The van der Waals surface area contributed by atoms with E-state index < -0.39 is 0 Å². The van der Waals surface area contributed by atoms with E-state index in [0.717, 1.165) is 41.8 Å². The van der Waals surface area contributed by atoms with Crippen LogP contribution in [0.25, 0.3) is 11.3 Å². The van der Waals surface area contributed by atoms with Gasteiger partial charge in [0.15, 0.2) is 0 Å². The molecule has 0 bridgehead atoms. The molecule has 0 unspecified atom stereocenters. The lowest BCUT2D eigenvalue weighted by Crippen LogP contribution is -2.25. The summed E-state index contributed by atoms with van der Waals surface area (Å²) in [6, 6.07) is 8.30. The predicted octanol–water partition coefficient (Wildman–Crippen LogP) is 1.79. The third-order valence-electron chi connectivity index (χ3n) is 4.14. The molecule has 1 fully saturated rings. The Kier molecular flexibility index (Phi) is 2.22. The Morgan fingerprint density at radius 2 is 2.10 bits per heavy atom. The number of carbonyl (C=O) groups excluding carboxylic acids is 1. The van der Waals surface area contributed by atoms with Crippen LogP contribution >= 0.6 is 0 Å². The molecule has 1 aromatic carbocycles. The molecule has 5 heteroatoms. The van der Waals surface area contributed by atoms with Gasteiger partial charge < -0.3 is 10.6 Å². The highest BCUT2D eigenvalue weighted by Gasteiger charge is 2.38. The molecule has 2 aliphatic rings. The van der Waals surface area contributed by atoms with Crippen LogP contribution in [0.1, 0.15) is 28.8 Å². The van der Waals surface area contributed by atoms with Crippen LogP contribution in [0.5, 0.6) is 0 Å². The van der Waals surface area contributed by atoms with Crippen LogP contribution in [0.2, 0.25) is 0 Å². The van der Waals surface area contributed by atoms with Crippen molar-refractivity contribution < 1.29 is 4.79 Å². The quantitative estimate of drug-likeness (QED) is 0.903. The van der Waals surface area contributed by atoms with E-state index in [-0.39, 0.29) is 5.91 Å². The SMILES string of the molecule is Cn1nc(-c2ccc3c(c2)C(=O)N(C2CC2)C3)cc1N. The summed E-state index contributed by atoms with van der Waals surface area (Å²) in [7, 11) is 1.81. The van der Waals surface area contributed by atoms with E-state index in [1.165, 1.54) is 0 Å². The Bertz CT molecular complexity index is 695. The van der Waals surface area contributed by atoms with Crippen LogP contribution in [-0.4, -0.2) is 26.6 Å². The average molecular weight is 268 g/mol. The Morgan fingerprint density at radius 3 is 2.75 bits per heavy atom. The molecule has 1 aromatic heterocycles. The summed E-state index contributed by atoms with van der Waals surface area (Å²) in [6.07, 6.45) is 2.28. The monoisotopic (exact) mass is 268 g/mol. The van der Waals surface area contributed by atoms with Gasteiger partial charge in [-0.25, -0.2) is 0 Å². The lowest BCUT2D eigenvalue weighted by molar-refractivity contribution is 0.0766. The standard InChI is InChI=1S/C15H16N4O/c1-18-14(16)7-13(17-18)9-2-3-10-8-19(11-4-5-11)15(20)12(10)6-9/h2-3,6-7,11H,4-5,8,16H2,1H3. The number of anilines is 1. The third-order valence-corrected chi connectivity index (χ3v) is 4.14. The molecule has 2 heterocycles. The average Bonchev–Trinajstić information content (AvgIpc) is 3.16. The van der Waals surface area contributed by atoms with Gasteiger partial charge in [-0.3, -0.25) is 9.48 Å². The Labute approximate surface area is 117 Å². The summed E-state index contributed by atoms with van der Waals surface area (Å²) < 4.78 is 1.64. The van der Waals surface area contributed by atoms with Gasteiger partial charge in [-0.05, 0) is 24.5 Å². The largest absolute Gasteiger partial charge is 0.384 e. The number of nitrogens with zero attached hydrogens (tertiary/aromatic N) is 3. The fourth-order valence-electron chi connectivity index (χ4n) is 2.79. The molecule has 0 atom stereocenters. The zero-order valence-corrected chi connectivity index (χ0v) is 11.3. The lowest BCUT2D eigenvalue weighted by Gasteiger charge is -2.13. The summed E-state index contributed by atoms with van der Waals surface area (Å²) in [5, 5.41) is 4.36. The molecule has 20 heavy (non-hydrogen) atoms. The molecule has 1 aliphatic carbocycles. The molecule has 0 radical (unpaired) electrons. The van der Waals surface area contributed by atoms with Crippen molar-refractivity contribution in [3.8, 4) is 11.3 Å². The first-order chi connectivity index (χ1) is 9.63. The maximum Gasteiger partial charge on any atom is 0.254 e. The van der Waals surface area contributed by atoms with Gasteiger partial charge in [-0.15, -0.1) is 0 Å². The van der Waals surface area contributed by atoms with E-state index in [4.69, 9.17) is 5.73 Å². The highest BCUT2D eigenvalue weighted by atomic mass is 16.2. The third kappa shape index (κ3) is 1.62. The number of hydrogen-bond donors (Lipinski definition) is 1. The Morgan fingerprint density at radius 1 is 1.30 bits per heavy atom. The Balaban J connectivity index is 1.73. The number of nitrogens with two attached hydrogens (primary N) is 1. The van der Waals surface area contributed by atoms with Gasteiger partial charge in [0.05, 0.1) is 5.69 Å². The molecule has 0 saturated heterocycles. The van der Waals surface area contributed by atoms with E-state index in [0.29, 0.717) is 11.9 Å². The van der Waals surface area contributed by atoms with Crippen molar-refractivity contribution in [1.82, 2.24) is 14.7 Å². The van der Waals surface area contributed by atoms with Crippen molar-refractivity contribution in [2.24, 2.45) is 7.05 Å². The van der Waals surface area contributed by atoms with Gasteiger partial charge in [-0.1, -0.05) is 12.1 Å². The number of fused-ring (bicyclic) bond motifs is 1. The van der Waals surface area contributed by atoms with Crippen molar-refractivity contribution in [2.45, 2.75) is 25.4 Å². The van der Waals surface area contributed by atoms with E-state index >= 15 is 0 Å². The predicted molar refractivity (Wildman–Crippen MR) is 76.0 cm³/mol. The Hall–Kier alpha value is -2.30. The first-order valence-corrected chi connectivity index (χ1v) is 6.87. The lowest BCUT2D eigenvalue weighted by atomic mass is 10.0. The minimum absolute atomic E-state index is 0.160. The van der Waals surface area contributed by atoms with Crippen molar-refractivity contribution in [3.05, 3.63) is 35.4 Å². The van der Waals surface area contributed by atoms with Crippen molar-refractivity contribution in [1.29, 1.82) is 0 Å². The van der Waals surface area contributed by atoms with Crippen LogP contribution in [-0.2, 0) is 13.6 Å². The smallest absolute Gasteiger partial charge is 0.254 e. The van der Waals surface area contributed by atoms with E-state index in [1.807, 2.05) is 36.2 Å². The van der Waals surface area contributed by atoms with E-state index in [2.05, 4.69) is 5.10 Å². The number of carbonyl (C=O) groups is 1. The van der Waals surface area contributed by atoms with Crippen LogP contribution in [0.15, 0.2) is 24.3 Å². The molecule has 1 amide bonds. The van der Waals surface area contributed by atoms with Crippen LogP contribution in [0.3, 0.4) is 0 Å². The molecular formula is C15H16N4O. The normalized spacial score (nSPS) is 17.6. The number of aryl methyl sites for hydroxylation is 1. The van der Waals surface area contributed by atoms with E-state index in [9.17, 15) is 4.79 Å². The minimum atomic E-state index is 0.160. The fraction of sp³-hybridized carbons (Fsp3) is 0.333. The van der Waals surface area contributed by atoms with Crippen LogP contribution in [0, 0.1) is 0 Å². The number of nitrogen functional groups attached to an aromatic ring is 1. The van der Waals surface area contributed by atoms with Gasteiger partial charge in [-0.2, -0.15) is 5.10 Å². The van der Waals surface area contributed by atoms with Gasteiger partial charge >= 0.3 is 0 Å². The number of benzene rings is 1. The maximum absolute atomic E-state index is 12.4. The molecular weight excluding hydrogens is 252 g/mol. The van der Waals surface area contributed by atoms with E-state index in [1.54, 1.807) is 4.68 Å². The number of rotatable bonds is 2. The second kappa shape index (κ2) is 3.85. The first-order valence-electron chi connectivity index (χ1n) is 6.87. The topological polar surface area (TPSA) is 64.2 Å². The fourth-order valence-corrected chi connectivity index (χ4v) is 2.79. The molecule has 102 valence electrons. The molecule has 1 aliphatic heterocycles. The van der Waals surface area contributed by atoms with Crippen LogP contribution < -0.4 is 5.73 Å².